The summed E-state index contributed by atoms with van der Waals surface area (Å²) in [6, 6.07) is 9.38. The molecule has 1 rings (SSSR count). The summed E-state index contributed by atoms with van der Waals surface area (Å²) in [6.07, 6.45) is 2.11. The second kappa shape index (κ2) is 7.82. The van der Waals surface area contributed by atoms with Crippen LogP contribution in [0, 0.1) is 5.92 Å². The zero-order valence-corrected chi connectivity index (χ0v) is 13.1. The summed E-state index contributed by atoms with van der Waals surface area (Å²) >= 11 is 1.79. The number of rotatable bonds is 7. The molecule has 0 amide bonds. The lowest BCUT2D eigenvalue weighted by molar-refractivity contribution is 0.224. The quantitative estimate of drug-likeness (QED) is 0.764. The minimum absolute atomic E-state index is 0.593. The molecule has 0 fully saturated rings. The van der Waals surface area contributed by atoms with Crippen molar-refractivity contribution in [2.24, 2.45) is 5.92 Å². The number of hydrogen-bond acceptors (Lipinski definition) is 3. The number of likely N-dealkylation sites (N-methyl/N-ethyl adjacent to an activating group) is 1. The van der Waals surface area contributed by atoms with Crippen molar-refractivity contribution in [3.8, 4) is 0 Å². The van der Waals surface area contributed by atoms with Crippen molar-refractivity contribution in [3.05, 3.63) is 29.8 Å². The number of benzene rings is 1. The maximum Gasteiger partial charge on any atom is 0.0237 e. The summed E-state index contributed by atoms with van der Waals surface area (Å²) in [5, 5.41) is 3.55. The molecular formula is C15H26N2S. The maximum atomic E-state index is 3.55. The fourth-order valence-electron chi connectivity index (χ4n) is 2.12. The lowest BCUT2D eigenvalue weighted by atomic mass is 10.0. The predicted octanol–water partition coefficient (Wildman–Crippen LogP) is 3.08. The Hall–Kier alpha value is -0.510. The van der Waals surface area contributed by atoms with Crippen LogP contribution in [0.4, 0.5) is 0 Å². The molecule has 1 aromatic carbocycles. The molecular weight excluding hydrogens is 240 g/mol. The molecule has 1 atom stereocenters. The molecule has 0 aliphatic rings. The van der Waals surface area contributed by atoms with Crippen LogP contribution in [0.1, 0.15) is 19.4 Å². The summed E-state index contributed by atoms with van der Waals surface area (Å²) in [5.74, 6) is 0.673. The van der Waals surface area contributed by atoms with Gasteiger partial charge in [-0.1, -0.05) is 26.0 Å². The first-order chi connectivity index (χ1) is 8.54. The van der Waals surface area contributed by atoms with Crippen molar-refractivity contribution >= 4 is 11.8 Å². The van der Waals surface area contributed by atoms with Gasteiger partial charge < -0.3 is 10.2 Å². The van der Waals surface area contributed by atoms with Gasteiger partial charge in [0.05, 0.1) is 0 Å². The molecule has 0 aliphatic heterocycles. The first-order valence-corrected chi connectivity index (χ1v) is 7.77. The van der Waals surface area contributed by atoms with E-state index in [1.54, 1.807) is 11.8 Å². The predicted molar refractivity (Wildman–Crippen MR) is 82.2 cm³/mol. The summed E-state index contributed by atoms with van der Waals surface area (Å²) in [6.45, 7) is 6.54. The Labute approximate surface area is 116 Å². The van der Waals surface area contributed by atoms with Crippen LogP contribution in [0.15, 0.2) is 29.2 Å². The van der Waals surface area contributed by atoms with E-state index in [2.05, 4.69) is 68.7 Å². The molecule has 18 heavy (non-hydrogen) atoms. The van der Waals surface area contributed by atoms with Gasteiger partial charge in [0.15, 0.2) is 0 Å². The Morgan fingerprint density at radius 3 is 2.22 bits per heavy atom. The minimum atomic E-state index is 0.593. The number of thioether (sulfide) groups is 1. The van der Waals surface area contributed by atoms with Crippen LogP contribution in [0.3, 0.4) is 0 Å². The molecule has 3 heteroatoms. The van der Waals surface area contributed by atoms with E-state index < -0.39 is 0 Å². The minimum Gasteiger partial charge on any atom is -0.311 e. The fraction of sp³-hybridized carbons (Fsp3) is 0.600. The zero-order valence-electron chi connectivity index (χ0n) is 12.2. The van der Waals surface area contributed by atoms with Crippen molar-refractivity contribution in [1.29, 1.82) is 0 Å². The van der Waals surface area contributed by atoms with E-state index in [1.807, 2.05) is 0 Å². The van der Waals surface area contributed by atoms with Crippen molar-refractivity contribution in [2.45, 2.75) is 31.3 Å². The van der Waals surface area contributed by atoms with Crippen molar-refractivity contribution in [2.75, 3.05) is 26.9 Å². The highest BCUT2D eigenvalue weighted by atomic mass is 32.2. The standard InChI is InChI=1S/C15H26N2S/c1-12(2)15(17(3)4)11-16-10-13-6-8-14(18-5)9-7-13/h6-9,12,15-16H,10-11H2,1-5H3. The van der Waals surface area contributed by atoms with Crippen LogP contribution < -0.4 is 5.32 Å². The topological polar surface area (TPSA) is 15.3 Å². The third-order valence-electron chi connectivity index (χ3n) is 3.27. The SMILES string of the molecule is CSc1ccc(CNCC(C(C)C)N(C)C)cc1. The van der Waals surface area contributed by atoms with Crippen LogP contribution in [-0.4, -0.2) is 37.8 Å². The van der Waals surface area contributed by atoms with Gasteiger partial charge >= 0.3 is 0 Å². The van der Waals surface area contributed by atoms with E-state index in [-0.39, 0.29) is 0 Å². The van der Waals surface area contributed by atoms with Crippen LogP contribution in [-0.2, 0) is 6.54 Å². The monoisotopic (exact) mass is 266 g/mol. The largest absolute Gasteiger partial charge is 0.311 e. The van der Waals surface area contributed by atoms with Crippen LogP contribution in [0.5, 0.6) is 0 Å². The summed E-state index contributed by atoms with van der Waals surface area (Å²) in [7, 11) is 4.30. The zero-order chi connectivity index (χ0) is 13.5. The third kappa shape index (κ3) is 5.01. The maximum absolute atomic E-state index is 3.55. The summed E-state index contributed by atoms with van der Waals surface area (Å²) in [4.78, 5) is 3.63. The number of nitrogens with one attached hydrogen (secondary N) is 1. The second-order valence-electron chi connectivity index (χ2n) is 5.25. The van der Waals surface area contributed by atoms with Gasteiger partial charge in [-0.25, -0.2) is 0 Å². The molecule has 1 unspecified atom stereocenters. The molecule has 2 nitrogen and oxygen atoms in total. The molecule has 0 radical (unpaired) electrons. The molecule has 1 aromatic rings. The first-order valence-electron chi connectivity index (χ1n) is 6.54. The van der Waals surface area contributed by atoms with E-state index in [9.17, 15) is 0 Å². The molecule has 1 N–H and O–H groups in total. The Bertz CT molecular complexity index is 325. The Morgan fingerprint density at radius 2 is 1.78 bits per heavy atom. The van der Waals surface area contributed by atoms with Crippen molar-refractivity contribution < 1.29 is 0 Å². The third-order valence-corrected chi connectivity index (χ3v) is 4.02. The molecule has 0 heterocycles. The van der Waals surface area contributed by atoms with E-state index in [0.717, 1.165) is 13.1 Å². The Balaban J connectivity index is 2.40. The number of nitrogens with zero attached hydrogens (tertiary/aromatic N) is 1. The first kappa shape index (κ1) is 15.5. The molecule has 0 saturated carbocycles. The van der Waals surface area contributed by atoms with E-state index in [4.69, 9.17) is 0 Å². The fourth-order valence-corrected chi connectivity index (χ4v) is 2.53. The highest BCUT2D eigenvalue weighted by molar-refractivity contribution is 7.98. The molecule has 0 saturated heterocycles. The van der Waals surface area contributed by atoms with Gasteiger partial charge in [-0.05, 0) is 44.0 Å². The molecule has 0 aromatic heterocycles. The summed E-state index contributed by atoms with van der Waals surface area (Å²) in [5.41, 5.74) is 1.36. The van der Waals surface area contributed by atoms with E-state index in [1.165, 1.54) is 10.5 Å². The van der Waals surface area contributed by atoms with Gasteiger partial charge in [0.25, 0.3) is 0 Å². The van der Waals surface area contributed by atoms with Gasteiger partial charge in [-0.15, -0.1) is 11.8 Å². The van der Waals surface area contributed by atoms with Crippen LogP contribution >= 0.6 is 11.8 Å². The van der Waals surface area contributed by atoms with Gasteiger partial charge in [-0.2, -0.15) is 0 Å². The molecule has 102 valence electrons. The van der Waals surface area contributed by atoms with Crippen LogP contribution in [0.2, 0.25) is 0 Å². The molecule has 0 bridgehead atoms. The highest BCUT2D eigenvalue weighted by Gasteiger charge is 2.14. The second-order valence-corrected chi connectivity index (χ2v) is 6.13. The average Bonchev–Trinajstić information content (AvgIpc) is 2.34. The normalized spacial score (nSPS) is 13.3. The Kier molecular flexibility index (Phi) is 6.76. The van der Waals surface area contributed by atoms with Gasteiger partial charge in [0.1, 0.15) is 0 Å². The van der Waals surface area contributed by atoms with Crippen molar-refractivity contribution in [3.63, 3.8) is 0 Å². The van der Waals surface area contributed by atoms with Gasteiger partial charge in [0, 0.05) is 24.0 Å². The van der Waals surface area contributed by atoms with Crippen LogP contribution in [0.25, 0.3) is 0 Å². The van der Waals surface area contributed by atoms with Gasteiger partial charge in [0.2, 0.25) is 0 Å². The average molecular weight is 266 g/mol. The lowest BCUT2D eigenvalue weighted by Crippen LogP contribution is -2.41. The van der Waals surface area contributed by atoms with E-state index >= 15 is 0 Å². The molecule has 0 aliphatic carbocycles. The molecule has 0 spiro atoms. The smallest absolute Gasteiger partial charge is 0.0237 e. The highest BCUT2D eigenvalue weighted by Crippen LogP contribution is 2.14. The van der Waals surface area contributed by atoms with Crippen molar-refractivity contribution in [1.82, 2.24) is 10.2 Å². The van der Waals surface area contributed by atoms with E-state index in [0.29, 0.717) is 12.0 Å². The summed E-state index contributed by atoms with van der Waals surface area (Å²) < 4.78 is 0. The lowest BCUT2D eigenvalue weighted by Gasteiger charge is -2.28. The Morgan fingerprint density at radius 1 is 1.17 bits per heavy atom. The number of hydrogen-bond donors (Lipinski definition) is 1. The van der Waals surface area contributed by atoms with Gasteiger partial charge in [-0.3, -0.25) is 0 Å².